The predicted octanol–water partition coefficient (Wildman–Crippen LogP) is 0.256. The Bertz CT molecular complexity index is 461. The molecular weight excluding hydrogens is 208 g/mol. The molecule has 1 aromatic rings. The molecule has 3 amide bonds. The van der Waals surface area contributed by atoms with Crippen molar-refractivity contribution in [3.63, 3.8) is 0 Å². The topological polar surface area (TPSA) is 66.5 Å². The van der Waals surface area contributed by atoms with Gasteiger partial charge in [-0.15, -0.1) is 0 Å². The summed E-state index contributed by atoms with van der Waals surface area (Å²) in [6, 6.07) is 8.34. The molecule has 1 aromatic carbocycles. The Morgan fingerprint density at radius 3 is 2.12 bits per heavy atom. The van der Waals surface area contributed by atoms with Crippen LogP contribution >= 0.6 is 0 Å². The summed E-state index contributed by atoms with van der Waals surface area (Å²) in [5.41, 5.74) is 2.61. The van der Waals surface area contributed by atoms with E-state index in [2.05, 4.69) is 5.43 Å². The van der Waals surface area contributed by atoms with Crippen LogP contribution in [-0.4, -0.2) is 22.7 Å². The molecule has 0 saturated heterocycles. The van der Waals surface area contributed by atoms with E-state index in [1.165, 1.54) is 0 Å². The number of nitrogens with zero attached hydrogens (tertiary/aromatic N) is 1. The Labute approximate surface area is 91.3 Å². The lowest BCUT2D eigenvalue weighted by Crippen LogP contribution is -2.45. The smallest absolute Gasteiger partial charge is 0.267 e. The minimum absolute atomic E-state index is 0.384. The molecule has 0 saturated carbocycles. The number of benzene rings is 1. The maximum absolute atomic E-state index is 11.6. The lowest BCUT2D eigenvalue weighted by Gasteiger charge is -2.14. The van der Waals surface area contributed by atoms with Crippen molar-refractivity contribution in [3.05, 3.63) is 48.0 Å². The van der Waals surface area contributed by atoms with Gasteiger partial charge in [0, 0.05) is 17.7 Å². The van der Waals surface area contributed by atoms with Gasteiger partial charge >= 0.3 is 0 Å². The summed E-state index contributed by atoms with van der Waals surface area (Å²) < 4.78 is 0. The normalized spacial score (nSPS) is 14.4. The highest BCUT2D eigenvalue weighted by atomic mass is 16.2. The SMILES string of the molecule is O=C(NN1C(=O)C=CC1=O)c1ccccc1. The Hall–Kier alpha value is -2.43. The number of amides is 3. The monoisotopic (exact) mass is 216 g/mol. The molecule has 1 heterocycles. The molecule has 0 aromatic heterocycles. The number of hydrazine groups is 1. The zero-order valence-electron chi connectivity index (χ0n) is 8.21. The number of carbonyl (C=O) groups excluding carboxylic acids is 3. The Balaban J connectivity index is 2.09. The number of rotatable bonds is 2. The maximum Gasteiger partial charge on any atom is 0.272 e. The highest BCUT2D eigenvalue weighted by Gasteiger charge is 2.25. The van der Waals surface area contributed by atoms with E-state index in [9.17, 15) is 14.4 Å². The van der Waals surface area contributed by atoms with Crippen molar-refractivity contribution in [3.8, 4) is 0 Å². The first kappa shape index (κ1) is 10.1. The van der Waals surface area contributed by atoms with Gasteiger partial charge in [-0.05, 0) is 12.1 Å². The molecule has 0 bridgehead atoms. The molecule has 0 fully saturated rings. The van der Waals surface area contributed by atoms with Gasteiger partial charge in [0.1, 0.15) is 0 Å². The predicted molar refractivity (Wildman–Crippen MR) is 54.9 cm³/mol. The molecule has 0 aliphatic carbocycles. The van der Waals surface area contributed by atoms with Gasteiger partial charge in [0.2, 0.25) is 0 Å². The summed E-state index contributed by atoms with van der Waals surface area (Å²) >= 11 is 0. The number of nitrogens with one attached hydrogen (secondary N) is 1. The van der Waals surface area contributed by atoms with Crippen molar-refractivity contribution >= 4 is 17.7 Å². The fourth-order valence-electron chi connectivity index (χ4n) is 1.27. The zero-order chi connectivity index (χ0) is 11.5. The minimum Gasteiger partial charge on any atom is -0.267 e. The Kier molecular flexibility index (Phi) is 2.51. The standard InChI is InChI=1S/C11H8N2O3/c14-9-6-7-10(15)13(9)12-11(16)8-4-2-1-3-5-8/h1-7H,(H,12,16). The third-order valence-corrected chi connectivity index (χ3v) is 2.06. The third-order valence-electron chi connectivity index (χ3n) is 2.06. The first-order valence-electron chi connectivity index (χ1n) is 4.60. The van der Waals surface area contributed by atoms with Crippen molar-refractivity contribution in [2.24, 2.45) is 0 Å². The third kappa shape index (κ3) is 1.83. The number of imide groups is 1. The van der Waals surface area contributed by atoms with Crippen LogP contribution in [-0.2, 0) is 9.59 Å². The summed E-state index contributed by atoms with van der Waals surface area (Å²) in [5, 5.41) is 0.676. The molecule has 2 rings (SSSR count). The minimum atomic E-state index is -0.547. The van der Waals surface area contributed by atoms with Gasteiger partial charge < -0.3 is 0 Å². The van der Waals surface area contributed by atoms with E-state index in [0.717, 1.165) is 12.2 Å². The van der Waals surface area contributed by atoms with Crippen LogP contribution in [0.15, 0.2) is 42.5 Å². The summed E-state index contributed by atoms with van der Waals surface area (Å²) in [6.45, 7) is 0. The van der Waals surface area contributed by atoms with E-state index in [4.69, 9.17) is 0 Å². The Morgan fingerprint density at radius 2 is 1.56 bits per heavy atom. The first-order valence-corrected chi connectivity index (χ1v) is 4.60. The van der Waals surface area contributed by atoms with Gasteiger partial charge in [-0.1, -0.05) is 18.2 Å². The van der Waals surface area contributed by atoms with Gasteiger partial charge in [0.05, 0.1) is 0 Å². The lowest BCUT2D eigenvalue weighted by molar-refractivity contribution is -0.139. The quantitative estimate of drug-likeness (QED) is 0.721. The number of hydrogen-bond donors (Lipinski definition) is 1. The first-order chi connectivity index (χ1) is 7.68. The lowest BCUT2D eigenvalue weighted by atomic mass is 10.2. The van der Waals surface area contributed by atoms with E-state index in [-0.39, 0.29) is 0 Å². The molecule has 0 spiro atoms. The van der Waals surface area contributed by atoms with E-state index >= 15 is 0 Å². The second-order valence-corrected chi connectivity index (χ2v) is 3.15. The molecule has 0 unspecified atom stereocenters. The fraction of sp³-hybridized carbons (Fsp3) is 0. The summed E-state index contributed by atoms with van der Waals surface area (Å²) in [6.07, 6.45) is 2.21. The van der Waals surface area contributed by atoms with Crippen molar-refractivity contribution in [2.75, 3.05) is 0 Å². The molecule has 80 valence electrons. The molecule has 0 radical (unpaired) electrons. The van der Waals surface area contributed by atoms with Crippen molar-refractivity contribution in [2.45, 2.75) is 0 Å². The average Bonchev–Trinajstić information content (AvgIpc) is 2.62. The van der Waals surface area contributed by atoms with Crippen LogP contribution in [0.4, 0.5) is 0 Å². The van der Waals surface area contributed by atoms with Crippen molar-refractivity contribution in [1.82, 2.24) is 10.4 Å². The second-order valence-electron chi connectivity index (χ2n) is 3.15. The summed E-state index contributed by atoms with van der Waals surface area (Å²) in [7, 11) is 0. The van der Waals surface area contributed by atoms with Crippen LogP contribution < -0.4 is 5.43 Å². The van der Waals surface area contributed by atoms with E-state index in [0.29, 0.717) is 10.6 Å². The molecule has 0 atom stereocenters. The van der Waals surface area contributed by atoms with Crippen LogP contribution in [0.25, 0.3) is 0 Å². The van der Waals surface area contributed by atoms with Crippen LogP contribution in [0.2, 0.25) is 0 Å². The molecule has 1 N–H and O–H groups in total. The van der Waals surface area contributed by atoms with Crippen molar-refractivity contribution in [1.29, 1.82) is 0 Å². The molecule has 1 aliphatic rings. The summed E-state index contributed by atoms with van der Waals surface area (Å²) in [5.74, 6) is -1.59. The van der Waals surface area contributed by atoms with Gasteiger partial charge in [-0.2, -0.15) is 5.01 Å². The van der Waals surface area contributed by atoms with Gasteiger partial charge in [0.15, 0.2) is 0 Å². The highest BCUT2D eigenvalue weighted by molar-refractivity contribution is 6.14. The van der Waals surface area contributed by atoms with E-state index in [1.54, 1.807) is 30.3 Å². The van der Waals surface area contributed by atoms with Gasteiger partial charge in [-0.25, -0.2) is 0 Å². The van der Waals surface area contributed by atoms with Crippen molar-refractivity contribution < 1.29 is 14.4 Å². The van der Waals surface area contributed by atoms with Gasteiger partial charge in [0.25, 0.3) is 17.7 Å². The van der Waals surface area contributed by atoms with Crippen LogP contribution in [0.1, 0.15) is 10.4 Å². The fourth-order valence-corrected chi connectivity index (χ4v) is 1.27. The largest absolute Gasteiger partial charge is 0.272 e. The number of carbonyl (C=O) groups is 3. The Morgan fingerprint density at radius 1 is 1.00 bits per heavy atom. The molecule has 1 aliphatic heterocycles. The average molecular weight is 216 g/mol. The second kappa shape index (κ2) is 3.98. The van der Waals surface area contributed by atoms with Crippen LogP contribution in [0.5, 0.6) is 0 Å². The van der Waals surface area contributed by atoms with E-state index < -0.39 is 17.7 Å². The molecule has 5 heteroatoms. The summed E-state index contributed by atoms with van der Waals surface area (Å²) in [4.78, 5) is 33.9. The van der Waals surface area contributed by atoms with Crippen LogP contribution in [0, 0.1) is 0 Å². The van der Waals surface area contributed by atoms with Gasteiger partial charge in [-0.3, -0.25) is 19.8 Å². The molecule has 16 heavy (non-hydrogen) atoms. The maximum atomic E-state index is 11.6. The highest BCUT2D eigenvalue weighted by Crippen LogP contribution is 2.03. The van der Waals surface area contributed by atoms with E-state index in [1.807, 2.05) is 0 Å². The van der Waals surface area contributed by atoms with Crippen LogP contribution in [0.3, 0.4) is 0 Å². The molecule has 5 nitrogen and oxygen atoms in total. The molecular formula is C11H8N2O3. The number of hydrogen-bond acceptors (Lipinski definition) is 3. The zero-order valence-corrected chi connectivity index (χ0v) is 8.21.